The van der Waals surface area contributed by atoms with Gasteiger partial charge in [-0.1, -0.05) is 17.7 Å². The molecular formula is C16H20ClN3O3. The Labute approximate surface area is 140 Å². The molecule has 6 nitrogen and oxygen atoms in total. The summed E-state index contributed by atoms with van der Waals surface area (Å²) in [6, 6.07) is 4.53. The highest BCUT2D eigenvalue weighted by Crippen LogP contribution is 2.31. The monoisotopic (exact) mass is 337 g/mol. The molecule has 0 saturated carbocycles. The highest BCUT2D eigenvalue weighted by molar-refractivity contribution is 6.31. The number of non-ortho nitro benzene ring substituents is 1. The third kappa shape index (κ3) is 3.33. The minimum atomic E-state index is -0.489. The molecule has 1 amide bonds. The lowest BCUT2D eigenvalue weighted by Crippen LogP contribution is -2.57. The number of carbonyl (C=O) groups is 1. The van der Waals surface area contributed by atoms with Crippen LogP contribution in [0.1, 0.15) is 18.4 Å². The van der Waals surface area contributed by atoms with Crippen LogP contribution in [-0.2, 0) is 11.2 Å². The minimum absolute atomic E-state index is 0.0134. The van der Waals surface area contributed by atoms with Crippen molar-refractivity contribution in [3.8, 4) is 0 Å². The summed E-state index contributed by atoms with van der Waals surface area (Å²) in [5.41, 5.74) is 0.576. The molecule has 3 heterocycles. The molecule has 0 N–H and O–H groups in total. The van der Waals surface area contributed by atoms with Crippen LogP contribution in [0.4, 0.5) is 5.69 Å². The van der Waals surface area contributed by atoms with Crippen molar-refractivity contribution in [1.82, 2.24) is 9.80 Å². The van der Waals surface area contributed by atoms with E-state index in [1.54, 1.807) is 6.07 Å². The summed E-state index contributed by atoms with van der Waals surface area (Å²) in [6.07, 6.45) is 2.48. The van der Waals surface area contributed by atoms with Crippen molar-refractivity contribution in [3.05, 3.63) is 38.9 Å². The number of amides is 1. The largest absolute Gasteiger partial charge is 0.341 e. The van der Waals surface area contributed by atoms with Crippen molar-refractivity contribution in [2.45, 2.75) is 25.3 Å². The van der Waals surface area contributed by atoms with E-state index in [4.69, 9.17) is 11.6 Å². The predicted octanol–water partition coefficient (Wildman–Crippen LogP) is 2.34. The first-order valence-electron chi connectivity index (χ1n) is 7.86. The Kier molecular flexibility index (Phi) is 4.55. The summed E-state index contributed by atoms with van der Waals surface area (Å²) in [6.45, 7) is 3.22. The molecule has 7 heteroatoms. The maximum atomic E-state index is 12.6. The van der Waals surface area contributed by atoms with Crippen molar-refractivity contribution in [2.75, 3.05) is 26.7 Å². The number of hydrogen-bond acceptors (Lipinski definition) is 4. The van der Waals surface area contributed by atoms with E-state index in [9.17, 15) is 14.9 Å². The fourth-order valence-corrected chi connectivity index (χ4v) is 3.88. The third-order valence-corrected chi connectivity index (χ3v) is 5.45. The van der Waals surface area contributed by atoms with Gasteiger partial charge < -0.3 is 9.80 Å². The Morgan fingerprint density at radius 3 is 2.65 bits per heavy atom. The van der Waals surface area contributed by atoms with Crippen LogP contribution in [0.15, 0.2) is 18.2 Å². The Morgan fingerprint density at radius 1 is 1.43 bits per heavy atom. The summed E-state index contributed by atoms with van der Waals surface area (Å²) in [7, 11) is 1.86. The first kappa shape index (κ1) is 16.2. The topological polar surface area (TPSA) is 66.7 Å². The molecule has 3 aliphatic heterocycles. The van der Waals surface area contributed by atoms with E-state index in [1.165, 1.54) is 12.1 Å². The van der Waals surface area contributed by atoms with E-state index in [0.29, 0.717) is 11.5 Å². The first-order chi connectivity index (χ1) is 11.0. The van der Waals surface area contributed by atoms with E-state index < -0.39 is 4.92 Å². The molecule has 0 spiro atoms. The van der Waals surface area contributed by atoms with Gasteiger partial charge in [0.05, 0.1) is 16.4 Å². The van der Waals surface area contributed by atoms with Crippen LogP contribution in [0.25, 0.3) is 0 Å². The summed E-state index contributed by atoms with van der Waals surface area (Å²) in [5, 5.41) is 11.0. The second kappa shape index (κ2) is 6.45. The normalized spacial score (nSPS) is 26.1. The summed E-state index contributed by atoms with van der Waals surface area (Å²) >= 11 is 6.09. The number of piperidine rings is 3. The zero-order chi connectivity index (χ0) is 16.6. The minimum Gasteiger partial charge on any atom is -0.341 e. The molecule has 124 valence electrons. The number of hydrogen-bond donors (Lipinski definition) is 0. The van der Waals surface area contributed by atoms with Gasteiger partial charge in [-0.25, -0.2) is 0 Å². The van der Waals surface area contributed by atoms with E-state index >= 15 is 0 Å². The van der Waals surface area contributed by atoms with E-state index in [1.807, 2.05) is 11.9 Å². The lowest BCUT2D eigenvalue weighted by Gasteiger charge is -2.48. The van der Waals surface area contributed by atoms with Gasteiger partial charge in [-0.05, 0) is 37.4 Å². The molecule has 23 heavy (non-hydrogen) atoms. The highest BCUT2D eigenvalue weighted by atomic mass is 35.5. The van der Waals surface area contributed by atoms with E-state index in [0.717, 1.165) is 32.5 Å². The summed E-state index contributed by atoms with van der Waals surface area (Å²) in [4.78, 5) is 27.1. The SMILES string of the molecule is CN(C(=O)Cc1ccc([N+](=O)[O-])cc1Cl)C1CN2CCC1CC2. The van der Waals surface area contributed by atoms with E-state index in [2.05, 4.69) is 4.90 Å². The quantitative estimate of drug-likeness (QED) is 0.625. The molecule has 1 atom stereocenters. The van der Waals surface area contributed by atoms with Gasteiger partial charge >= 0.3 is 0 Å². The van der Waals surface area contributed by atoms with Gasteiger partial charge in [0, 0.05) is 31.8 Å². The molecule has 3 fully saturated rings. The van der Waals surface area contributed by atoms with Gasteiger partial charge in [0.15, 0.2) is 0 Å². The molecule has 0 aromatic heterocycles. The fourth-order valence-electron chi connectivity index (χ4n) is 3.64. The van der Waals surface area contributed by atoms with Crippen LogP contribution >= 0.6 is 11.6 Å². The van der Waals surface area contributed by atoms with Crippen LogP contribution in [0.2, 0.25) is 5.02 Å². The zero-order valence-corrected chi connectivity index (χ0v) is 13.8. The maximum Gasteiger partial charge on any atom is 0.270 e. The molecule has 3 saturated heterocycles. The van der Waals surface area contributed by atoms with Crippen LogP contribution < -0.4 is 0 Å². The standard InChI is InChI=1S/C16H20ClN3O3/c1-18(15-10-19-6-4-11(15)5-7-19)16(21)8-12-2-3-13(20(22)23)9-14(12)17/h2-3,9,11,15H,4-8,10H2,1H3. The number of nitro groups is 1. The molecule has 3 aliphatic rings. The molecule has 1 unspecified atom stereocenters. The third-order valence-electron chi connectivity index (χ3n) is 5.10. The maximum absolute atomic E-state index is 12.6. The van der Waals surface area contributed by atoms with Crippen molar-refractivity contribution < 1.29 is 9.72 Å². The first-order valence-corrected chi connectivity index (χ1v) is 8.24. The van der Waals surface area contributed by atoms with Crippen LogP contribution in [0.5, 0.6) is 0 Å². The van der Waals surface area contributed by atoms with Gasteiger partial charge in [0.2, 0.25) is 5.91 Å². The molecule has 1 aromatic carbocycles. The van der Waals surface area contributed by atoms with Crippen molar-refractivity contribution in [1.29, 1.82) is 0 Å². The average Bonchev–Trinajstić information content (AvgIpc) is 2.56. The van der Waals surface area contributed by atoms with Crippen molar-refractivity contribution >= 4 is 23.2 Å². The fraction of sp³-hybridized carbons (Fsp3) is 0.562. The molecule has 4 rings (SSSR count). The zero-order valence-electron chi connectivity index (χ0n) is 13.1. The number of rotatable bonds is 4. The number of carbonyl (C=O) groups excluding carboxylic acids is 1. The Bertz CT molecular complexity index is 629. The second-order valence-corrected chi connectivity index (χ2v) is 6.83. The summed E-state index contributed by atoms with van der Waals surface area (Å²) < 4.78 is 0. The van der Waals surface area contributed by atoms with Gasteiger partial charge in [0.25, 0.3) is 5.69 Å². The number of nitro benzene ring substituents is 1. The predicted molar refractivity (Wildman–Crippen MR) is 87.5 cm³/mol. The Hall–Kier alpha value is -1.66. The number of halogens is 1. The number of fused-ring (bicyclic) bond motifs is 3. The van der Waals surface area contributed by atoms with Crippen LogP contribution in [0.3, 0.4) is 0 Å². The second-order valence-electron chi connectivity index (χ2n) is 6.42. The van der Waals surface area contributed by atoms with Crippen LogP contribution in [0, 0.1) is 16.0 Å². The Balaban J connectivity index is 1.68. The lowest BCUT2D eigenvalue weighted by atomic mass is 9.83. The summed E-state index contributed by atoms with van der Waals surface area (Å²) in [5.74, 6) is 0.598. The Morgan fingerprint density at radius 2 is 2.13 bits per heavy atom. The number of nitrogens with zero attached hydrogens (tertiary/aromatic N) is 3. The van der Waals surface area contributed by atoms with Crippen molar-refractivity contribution in [2.24, 2.45) is 5.92 Å². The van der Waals surface area contributed by atoms with Gasteiger partial charge in [-0.15, -0.1) is 0 Å². The van der Waals surface area contributed by atoms with Gasteiger partial charge in [0.1, 0.15) is 0 Å². The molecule has 0 aliphatic carbocycles. The number of benzene rings is 1. The highest BCUT2D eigenvalue weighted by Gasteiger charge is 2.37. The molecule has 0 radical (unpaired) electrons. The molecule has 1 aromatic rings. The molecule has 2 bridgehead atoms. The average molecular weight is 338 g/mol. The van der Waals surface area contributed by atoms with Crippen LogP contribution in [-0.4, -0.2) is 53.4 Å². The van der Waals surface area contributed by atoms with Gasteiger partial charge in [-0.2, -0.15) is 0 Å². The van der Waals surface area contributed by atoms with Crippen molar-refractivity contribution in [3.63, 3.8) is 0 Å². The number of likely N-dealkylation sites (N-methyl/N-ethyl adjacent to an activating group) is 1. The van der Waals surface area contributed by atoms with E-state index in [-0.39, 0.29) is 29.1 Å². The molecular weight excluding hydrogens is 318 g/mol. The lowest BCUT2D eigenvalue weighted by molar-refractivity contribution is -0.384. The van der Waals surface area contributed by atoms with Gasteiger partial charge in [-0.3, -0.25) is 14.9 Å². The smallest absolute Gasteiger partial charge is 0.270 e.